The Morgan fingerprint density at radius 3 is 3.06 bits per heavy atom. The van der Waals surface area contributed by atoms with Gasteiger partial charge in [0.15, 0.2) is 0 Å². The largest absolute Gasteiger partial charge is 0.383 e. The summed E-state index contributed by atoms with van der Waals surface area (Å²) in [5.41, 5.74) is 0.661. The Kier molecular flexibility index (Phi) is 4.32. The van der Waals surface area contributed by atoms with Gasteiger partial charge in [0.1, 0.15) is 11.5 Å². The van der Waals surface area contributed by atoms with Gasteiger partial charge in [-0.25, -0.2) is 9.97 Å². The highest BCUT2D eigenvalue weighted by Crippen LogP contribution is 2.11. The van der Waals surface area contributed by atoms with Crippen LogP contribution in [0.15, 0.2) is 16.8 Å². The maximum absolute atomic E-state index is 5.11. The van der Waals surface area contributed by atoms with Crippen molar-refractivity contribution in [2.75, 3.05) is 20.3 Å². The van der Waals surface area contributed by atoms with Crippen molar-refractivity contribution in [2.24, 2.45) is 0 Å². The Hall–Kier alpha value is -1.86. The summed E-state index contributed by atoms with van der Waals surface area (Å²) in [6.45, 7) is 3.71. The Labute approximate surface area is 105 Å². The van der Waals surface area contributed by atoms with Crippen LogP contribution < -0.4 is 5.32 Å². The maximum atomic E-state index is 5.11. The zero-order valence-corrected chi connectivity index (χ0v) is 10.4. The monoisotopic (exact) mass is 249 g/mol. The molecule has 0 spiro atoms. The van der Waals surface area contributed by atoms with Crippen LogP contribution in [0.2, 0.25) is 0 Å². The first-order chi connectivity index (χ1) is 8.79. The SMILES string of the molecule is COCCNCc1nc(-c2ccnc(C)n2)no1. The van der Waals surface area contributed by atoms with Crippen LogP contribution in [0, 0.1) is 6.92 Å². The number of hydrogen-bond acceptors (Lipinski definition) is 7. The maximum Gasteiger partial charge on any atom is 0.240 e. The lowest BCUT2D eigenvalue weighted by Crippen LogP contribution is -2.18. The summed E-state index contributed by atoms with van der Waals surface area (Å²) in [6.07, 6.45) is 1.67. The molecular formula is C11H15N5O2. The van der Waals surface area contributed by atoms with Crippen LogP contribution in [0.4, 0.5) is 0 Å². The van der Waals surface area contributed by atoms with Crippen molar-refractivity contribution in [3.05, 3.63) is 24.0 Å². The van der Waals surface area contributed by atoms with Crippen LogP contribution in [-0.2, 0) is 11.3 Å². The van der Waals surface area contributed by atoms with E-state index < -0.39 is 0 Å². The Balaban J connectivity index is 1.97. The third kappa shape index (κ3) is 3.31. The smallest absolute Gasteiger partial charge is 0.240 e. The summed E-state index contributed by atoms with van der Waals surface area (Å²) in [6, 6.07) is 1.75. The molecule has 2 heterocycles. The van der Waals surface area contributed by atoms with E-state index in [1.165, 1.54) is 0 Å². The van der Waals surface area contributed by atoms with Crippen LogP contribution >= 0.6 is 0 Å². The van der Waals surface area contributed by atoms with Crippen LogP contribution in [-0.4, -0.2) is 40.4 Å². The molecule has 0 fully saturated rings. The van der Waals surface area contributed by atoms with Crippen molar-refractivity contribution in [3.63, 3.8) is 0 Å². The molecule has 0 aromatic carbocycles. The molecule has 18 heavy (non-hydrogen) atoms. The van der Waals surface area contributed by atoms with E-state index >= 15 is 0 Å². The molecule has 0 atom stereocenters. The fourth-order valence-corrected chi connectivity index (χ4v) is 1.38. The predicted molar refractivity (Wildman–Crippen MR) is 63.6 cm³/mol. The second-order valence-corrected chi connectivity index (χ2v) is 3.67. The second-order valence-electron chi connectivity index (χ2n) is 3.67. The van der Waals surface area contributed by atoms with Crippen LogP contribution in [0.25, 0.3) is 11.5 Å². The van der Waals surface area contributed by atoms with Crippen molar-refractivity contribution in [2.45, 2.75) is 13.5 Å². The van der Waals surface area contributed by atoms with Gasteiger partial charge < -0.3 is 14.6 Å². The lowest BCUT2D eigenvalue weighted by Gasteiger charge is -1.98. The lowest BCUT2D eigenvalue weighted by atomic mass is 10.4. The Morgan fingerprint density at radius 2 is 2.28 bits per heavy atom. The molecule has 2 aromatic heterocycles. The molecule has 7 heteroatoms. The molecule has 0 aliphatic carbocycles. The van der Waals surface area contributed by atoms with Crippen molar-refractivity contribution in [1.82, 2.24) is 25.4 Å². The van der Waals surface area contributed by atoms with Gasteiger partial charge in [0.2, 0.25) is 11.7 Å². The van der Waals surface area contributed by atoms with Gasteiger partial charge in [-0.15, -0.1) is 0 Å². The van der Waals surface area contributed by atoms with Gasteiger partial charge in [-0.3, -0.25) is 0 Å². The molecule has 0 radical (unpaired) electrons. The van der Waals surface area contributed by atoms with Gasteiger partial charge in [-0.05, 0) is 13.0 Å². The van der Waals surface area contributed by atoms with Gasteiger partial charge in [0, 0.05) is 19.9 Å². The van der Waals surface area contributed by atoms with E-state index in [2.05, 4.69) is 25.4 Å². The average molecular weight is 249 g/mol. The number of nitrogens with zero attached hydrogens (tertiary/aromatic N) is 4. The first-order valence-electron chi connectivity index (χ1n) is 5.62. The van der Waals surface area contributed by atoms with E-state index in [-0.39, 0.29) is 0 Å². The minimum absolute atomic E-state index is 0.476. The lowest BCUT2D eigenvalue weighted by molar-refractivity contribution is 0.197. The highest BCUT2D eigenvalue weighted by molar-refractivity contribution is 5.46. The minimum Gasteiger partial charge on any atom is -0.383 e. The van der Waals surface area contributed by atoms with E-state index in [0.29, 0.717) is 36.4 Å². The molecule has 96 valence electrons. The molecule has 0 saturated heterocycles. The number of ether oxygens (including phenoxy) is 1. The minimum atomic E-state index is 0.476. The highest BCUT2D eigenvalue weighted by Gasteiger charge is 2.09. The third-order valence-corrected chi connectivity index (χ3v) is 2.23. The Morgan fingerprint density at radius 1 is 1.39 bits per heavy atom. The van der Waals surface area contributed by atoms with Gasteiger partial charge in [-0.1, -0.05) is 5.16 Å². The van der Waals surface area contributed by atoms with E-state index in [1.54, 1.807) is 19.4 Å². The number of aromatic nitrogens is 4. The van der Waals surface area contributed by atoms with Crippen LogP contribution in [0.3, 0.4) is 0 Å². The van der Waals surface area contributed by atoms with Crippen molar-refractivity contribution < 1.29 is 9.26 Å². The predicted octanol–water partition coefficient (Wildman–Crippen LogP) is 0.571. The third-order valence-electron chi connectivity index (χ3n) is 2.23. The molecular weight excluding hydrogens is 234 g/mol. The molecule has 0 aliphatic rings. The first-order valence-corrected chi connectivity index (χ1v) is 5.62. The van der Waals surface area contributed by atoms with E-state index in [1.807, 2.05) is 6.92 Å². The zero-order chi connectivity index (χ0) is 12.8. The summed E-state index contributed by atoms with van der Waals surface area (Å²) in [5, 5.41) is 7.00. The summed E-state index contributed by atoms with van der Waals surface area (Å²) in [7, 11) is 1.66. The molecule has 2 aromatic rings. The number of methoxy groups -OCH3 is 1. The highest BCUT2D eigenvalue weighted by atomic mass is 16.5. The summed E-state index contributed by atoms with van der Waals surface area (Å²) in [4.78, 5) is 12.5. The second kappa shape index (κ2) is 6.18. The molecule has 0 saturated carbocycles. The topological polar surface area (TPSA) is 86.0 Å². The average Bonchev–Trinajstić information content (AvgIpc) is 2.83. The number of hydrogen-bond donors (Lipinski definition) is 1. The van der Waals surface area contributed by atoms with E-state index in [4.69, 9.17) is 9.26 Å². The molecule has 0 aliphatic heterocycles. The molecule has 1 N–H and O–H groups in total. The zero-order valence-electron chi connectivity index (χ0n) is 10.4. The number of rotatable bonds is 6. The van der Waals surface area contributed by atoms with E-state index in [0.717, 1.165) is 6.54 Å². The molecule has 0 unspecified atom stereocenters. The quantitative estimate of drug-likeness (QED) is 0.749. The number of aryl methyl sites for hydroxylation is 1. The number of nitrogens with one attached hydrogen (secondary N) is 1. The van der Waals surface area contributed by atoms with Crippen molar-refractivity contribution in [3.8, 4) is 11.5 Å². The van der Waals surface area contributed by atoms with Crippen molar-refractivity contribution >= 4 is 0 Å². The van der Waals surface area contributed by atoms with Crippen molar-refractivity contribution in [1.29, 1.82) is 0 Å². The van der Waals surface area contributed by atoms with Crippen LogP contribution in [0.1, 0.15) is 11.7 Å². The summed E-state index contributed by atoms with van der Waals surface area (Å²) >= 11 is 0. The van der Waals surface area contributed by atoms with Gasteiger partial charge >= 0.3 is 0 Å². The first kappa shape index (κ1) is 12.6. The standard InChI is InChI=1S/C11H15N5O2/c1-8-13-4-3-9(14-8)11-15-10(18-16-11)7-12-5-6-17-2/h3-4,12H,5-7H2,1-2H3. The summed E-state index contributed by atoms with van der Waals surface area (Å²) < 4.78 is 10.0. The van der Waals surface area contributed by atoms with Crippen LogP contribution in [0.5, 0.6) is 0 Å². The molecule has 0 amide bonds. The summed E-state index contributed by atoms with van der Waals surface area (Å²) in [5.74, 6) is 1.68. The molecule has 2 rings (SSSR count). The molecule has 0 bridgehead atoms. The fraction of sp³-hybridized carbons (Fsp3) is 0.455. The van der Waals surface area contributed by atoms with E-state index in [9.17, 15) is 0 Å². The van der Waals surface area contributed by atoms with Gasteiger partial charge in [-0.2, -0.15) is 4.98 Å². The van der Waals surface area contributed by atoms with Gasteiger partial charge in [0.05, 0.1) is 13.2 Å². The fourth-order valence-electron chi connectivity index (χ4n) is 1.38. The molecule has 7 nitrogen and oxygen atoms in total. The normalized spacial score (nSPS) is 10.8. The Bertz CT molecular complexity index is 500. The van der Waals surface area contributed by atoms with Gasteiger partial charge in [0.25, 0.3) is 0 Å².